The third-order valence-electron chi connectivity index (χ3n) is 3.19. The molecule has 2 rings (SSSR count). The molecule has 0 radical (unpaired) electrons. The molecule has 1 aromatic rings. The zero-order valence-electron chi connectivity index (χ0n) is 11.3. The summed E-state index contributed by atoms with van der Waals surface area (Å²) >= 11 is 6.30. The molecule has 0 saturated carbocycles. The molecule has 1 heterocycles. The van der Waals surface area contributed by atoms with Gasteiger partial charge in [-0.15, -0.1) is 0 Å². The van der Waals surface area contributed by atoms with Gasteiger partial charge in [-0.05, 0) is 38.6 Å². The van der Waals surface area contributed by atoms with Gasteiger partial charge in [0.2, 0.25) is 0 Å². The number of anilines is 1. The number of ether oxygens (including phenoxy) is 1. The Hall–Kier alpha value is -0.770. The molecule has 0 aromatic heterocycles. The lowest BCUT2D eigenvalue weighted by molar-refractivity contribution is -0.0276. The predicted octanol–water partition coefficient (Wildman–Crippen LogP) is 2.67. The van der Waals surface area contributed by atoms with Crippen LogP contribution in [0.3, 0.4) is 0 Å². The third kappa shape index (κ3) is 3.16. The van der Waals surface area contributed by atoms with E-state index in [0.29, 0.717) is 0 Å². The van der Waals surface area contributed by atoms with E-state index in [2.05, 4.69) is 42.3 Å². The van der Waals surface area contributed by atoms with Crippen LogP contribution >= 0.6 is 11.6 Å². The van der Waals surface area contributed by atoms with Gasteiger partial charge in [-0.3, -0.25) is 0 Å². The van der Waals surface area contributed by atoms with E-state index in [1.165, 1.54) is 5.69 Å². The van der Waals surface area contributed by atoms with Crippen molar-refractivity contribution in [3.05, 3.63) is 28.8 Å². The SMILES string of the molecule is CNCc1ccc(N2CCOC(C)(C)C2)cc1Cl. The van der Waals surface area contributed by atoms with Crippen LogP contribution in [-0.4, -0.2) is 32.3 Å². The van der Waals surface area contributed by atoms with Crippen LogP contribution < -0.4 is 10.2 Å². The molecule has 1 fully saturated rings. The van der Waals surface area contributed by atoms with Crippen LogP contribution in [0.25, 0.3) is 0 Å². The largest absolute Gasteiger partial charge is 0.372 e. The number of benzene rings is 1. The summed E-state index contributed by atoms with van der Waals surface area (Å²) in [6.45, 7) is 7.63. The average molecular weight is 269 g/mol. The summed E-state index contributed by atoms with van der Waals surface area (Å²) in [5.74, 6) is 0. The number of hydrogen-bond acceptors (Lipinski definition) is 3. The fraction of sp³-hybridized carbons (Fsp3) is 0.571. The van der Waals surface area contributed by atoms with E-state index in [1.54, 1.807) is 0 Å². The second kappa shape index (κ2) is 5.47. The minimum Gasteiger partial charge on any atom is -0.372 e. The van der Waals surface area contributed by atoms with Crippen molar-refractivity contribution in [1.82, 2.24) is 5.32 Å². The molecule has 1 aliphatic rings. The number of rotatable bonds is 3. The van der Waals surface area contributed by atoms with Gasteiger partial charge in [0.05, 0.1) is 12.2 Å². The van der Waals surface area contributed by atoms with Gasteiger partial charge in [-0.1, -0.05) is 17.7 Å². The molecular weight excluding hydrogens is 248 g/mol. The lowest BCUT2D eigenvalue weighted by Gasteiger charge is -2.39. The van der Waals surface area contributed by atoms with Crippen molar-refractivity contribution < 1.29 is 4.74 Å². The first-order valence-electron chi connectivity index (χ1n) is 6.34. The van der Waals surface area contributed by atoms with Crippen LogP contribution in [0.4, 0.5) is 5.69 Å². The monoisotopic (exact) mass is 268 g/mol. The van der Waals surface area contributed by atoms with Crippen molar-refractivity contribution in [3.8, 4) is 0 Å². The van der Waals surface area contributed by atoms with Crippen molar-refractivity contribution in [2.75, 3.05) is 31.6 Å². The van der Waals surface area contributed by atoms with Gasteiger partial charge in [0.15, 0.2) is 0 Å². The van der Waals surface area contributed by atoms with Crippen molar-refractivity contribution in [1.29, 1.82) is 0 Å². The number of halogens is 1. The number of hydrogen-bond donors (Lipinski definition) is 1. The summed E-state index contributed by atoms with van der Waals surface area (Å²) in [7, 11) is 1.93. The van der Waals surface area contributed by atoms with Crippen LogP contribution in [0.15, 0.2) is 18.2 Å². The molecule has 0 bridgehead atoms. The highest BCUT2D eigenvalue weighted by Gasteiger charge is 2.27. The quantitative estimate of drug-likeness (QED) is 0.912. The smallest absolute Gasteiger partial charge is 0.0801 e. The van der Waals surface area contributed by atoms with Gasteiger partial charge < -0.3 is 15.0 Å². The molecule has 100 valence electrons. The number of nitrogens with one attached hydrogen (secondary N) is 1. The third-order valence-corrected chi connectivity index (χ3v) is 3.55. The average Bonchev–Trinajstić information content (AvgIpc) is 2.30. The maximum Gasteiger partial charge on any atom is 0.0801 e. The predicted molar refractivity (Wildman–Crippen MR) is 76.5 cm³/mol. The second-order valence-electron chi connectivity index (χ2n) is 5.34. The minimum absolute atomic E-state index is 0.0889. The van der Waals surface area contributed by atoms with Crippen molar-refractivity contribution in [2.45, 2.75) is 26.0 Å². The molecule has 1 aromatic carbocycles. The Morgan fingerprint density at radius 2 is 2.22 bits per heavy atom. The topological polar surface area (TPSA) is 24.5 Å². The zero-order valence-corrected chi connectivity index (χ0v) is 12.0. The first kappa shape index (κ1) is 13.7. The Morgan fingerprint density at radius 1 is 1.44 bits per heavy atom. The molecule has 0 spiro atoms. The van der Waals surface area contributed by atoms with Crippen LogP contribution in [0.1, 0.15) is 19.4 Å². The lowest BCUT2D eigenvalue weighted by Crippen LogP contribution is -2.48. The fourth-order valence-electron chi connectivity index (χ4n) is 2.30. The molecule has 0 atom stereocenters. The van der Waals surface area contributed by atoms with Gasteiger partial charge in [-0.25, -0.2) is 0 Å². The normalized spacial score (nSPS) is 19.0. The summed E-state index contributed by atoms with van der Waals surface area (Å²) in [5, 5.41) is 3.94. The van der Waals surface area contributed by atoms with Gasteiger partial charge in [-0.2, -0.15) is 0 Å². The standard InChI is InChI=1S/C14H21ClN2O/c1-14(2)10-17(6-7-18-14)12-5-4-11(9-16-3)13(15)8-12/h4-5,8,16H,6-7,9-10H2,1-3H3. The molecule has 0 unspecified atom stereocenters. The summed E-state index contributed by atoms with van der Waals surface area (Å²) in [5.41, 5.74) is 2.22. The van der Waals surface area contributed by atoms with E-state index in [4.69, 9.17) is 16.3 Å². The Bertz CT molecular complexity index is 420. The maximum atomic E-state index is 6.30. The molecule has 3 nitrogen and oxygen atoms in total. The highest BCUT2D eigenvalue weighted by molar-refractivity contribution is 6.31. The second-order valence-corrected chi connectivity index (χ2v) is 5.74. The van der Waals surface area contributed by atoms with Crippen molar-refractivity contribution in [2.24, 2.45) is 0 Å². The minimum atomic E-state index is -0.0889. The maximum absolute atomic E-state index is 6.30. The molecule has 18 heavy (non-hydrogen) atoms. The highest BCUT2D eigenvalue weighted by atomic mass is 35.5. The molecule has 4 heteroatoms. The number of nitrogens with zero attached hydrogens (tertiary/aromatic N) is 1. The van der Waals surface area contributed by atoms with Crippen LogP contribution in [-0.2, 0) is 11.3 Å². The molecule has 0 aliphatic carbocycles. The van der Waals surface area contributed by atoms with Gasteiger partial charge in [0, 0.05) is 30.3 Å². The summed E-state index contributed by atoms with van der Waals surface area (Å²) in [6, 6.07) is 6.28. The zero-order chi connectivity index (χ0) is 13.2. The van der Waals surface area contributed by atoms with E-state index in [1.807, 2.05) is 7.05 Å². The summed E-state index contributed by atoms with van der Waals surface area (Å²) in [4.78, 5) is 2.33. The first-order chi connectivity index (χ1) is 8.52. The van der Waals surface area contributed by atoms with Gasteiger partial charge >= 0.3 is 0 Å². The highest BCUT2D eigenvalue weighted by Crippen LogP contribution is 2.27. The van der Waals surface area contributed by atoms with Crippen LogP contribution in [0, 0.1) is 0 Å². The van der Waals surface area contributed by atoms with E-state index >= 15 is 0 Å². The van der Waals surface area contributed by atoms with E-state index in [9.17, 15) is 0 Å². The lowest BCUT2D eigenvalue weighted by atomic mass is 10.1. The first-order valence-corrected chi connectivity index (χ1v) is 6.71. The summed E-state index contributed by atoms with van der Waals surface area (Å²) in [6.07, 6.45) is 0. The van der Waals surface area contributed by atoms with Crippen molar-refractivity contribution >= 4 is 17.3 Å². The summed E-state index contributed by atoms with van der Waals surface area (Å²) < 4.78 is 5.72. The Labute approximate surface area is 114 Å². The van der Waals surface area contributed by atoms with Crippen LogP contribution in [0.2, 0.25) is 5.02 Å². The Morgan fingerprint density at radius 3 is 2.83 bits per heavy atom. The fourth-order valence-corrected chi connectivity index (χ4v) is 2.55. The molecule has 1 N–H and O–H groups in total. The van der Waals surface area contributed by atoms with Crippen molar-refractivity contribution in [3.63, 3.8) is 0 Å². The van der Waals surface area contributed by atoms with E-state index in [0.717, 1.165) is 36.8 Å². The molecule has 0 amide bonds. The number of morpholine rings is 1. The van der Waals surface area contributed by atoms with Crippen LogP contribution in [0.5, 0.6) is 0 Å². The van der Waals surface area contributed by atoms with E-state index in [-0.39, 0.29) is 5.60 Å². The molecule has 1 aliphatic heterocycles. The Balaban J connectivity index is 2.16. The Kier molecular flexibility index (Phi) is 4.15. The molecule has 1 saturated heterocycles. The van der Waals surface area contributed by atoms with E-state index < -0.39 is 0 Å². The molecular formula is C14H21ClN2O. The van der Waals surface area contributed by atoms with Gasteiger partial charge in [0.25, 0.3) is 0 Å². The van der Waals surface area contributed by atoms with Gasteiger partial charge in [0.1, 0.15) is 0 Å².